The number of carbonyl (C=O) groups excluding carboxylic acids is 2. The third kappa shape index (κ3) is 2.26. The van der Waals surface area contributed by atoms with E-state index in [4.69, 9.17) is 22.1 Å². The molecule has 0 radical (unpaired) electrons. The number of primary amides is 1. The maximum atomic E-state index is 12.0. The van der Waals surface area contributed by atoms with Gasteiger partial charge in [0.1, 0.15) is 11.1 Å². The largest absolute Gasteiger partial charge is 0.477 e. The molecular weight excluding hydrogens is 256 g/mol. The Morgan fingerprint density at radius 1 is 1.50 bits per heavy atom. The lowest BCUT2D eigenvalue weighted by Crippen LogP contribution is -2.50. The zero-order chi connectivity index (χ0) is 13.3. The van der Waals surface area contributed by atoms with Crippen LogP contribution in [0.25, 0.3) is 0 Å². The van der Waals surface area contributed by atoms with Crippen LogP contribution in [0.3, 0.4) is 0 Å². The van der Waals surface area contributed by atoms with Crippen molar-refractivity contribution in [1.82, 2.24) is 0 Å². The maximum absolute atomic E-state index is 12.0. The number of ether oxygens (including phenoxy) is 1. The van der Waals surface area contributed by atoms with E-state index in [1.807, 2.05) is 0 Å². The molecule has 96 valence electrons. The van der Waals surface area contributed by atoms with E-state index in [-0.39, 0.29) is 12.5 Å². The minimum atomic E-state index is -0.848. The van der Waals surface area contributed by atoms with Crippen LogP contribution in [0.1, 0.15) is 6.92 Å². The molecule has 1 aliphatic heterocycles. The first-order valence-corrected chi connectivity index (χ1v) is 5.95. The highest BCUT2D eigenvalue weighted by atomic mass is 35.5. The van der Waals surface area contributed by atoms with Crippen LogP contribution in [0.4, 0.5) is 5.69 Å². The van der Waals surface area contributed by atoms with Gasteiger partial charge < -0.3 is 15.4 Å². The number of amides is 2. The summed E-state index contributed by atoms with van der Waals surface area (Å²) in [4.78, 5) is 24.7. The Morgan fingerprint density at radius 2 is 2.17 bits per heavy atom. The molecule has 2 amide bonds. The summed E-state index contributed by atoms with van der Waals surface area (Å²) in [6, 6.07) is 6.97. The van der Waals surface area contributed by atoms with Crippen molar-refractivity contribution in [2.45, 2.75) is 18.4 Å². The highest BCUT2D eigenvalue weighted by Gasteiger charge is 2.33. The van der Waals surface area contributed by atoms with Crippen molar-refractivity contribution >= 4 is 29.1 Å². The summed E-state index contributed by atoms with van der Waals surface area (Å²) in [6.45, 7) is 1.67. The van der Waals surface area contributed by atoms with Crippen molar-refractivity contribution in [1.29, 1.82) is 0 Å². The molecule has 0 aliphatic carbocycles. The lowest BCUT2D eigenvalue weighted by atomic mass is 10.1. The van der Waals surface area contributed by atoms with Crippen LogP contribution in [0.15, 0.2) is 24.3 Å². The maximum Gasteiger partial charge on any atom is 0.260 e. The number of anilines is 1. The second kappa shape index (κ2) is 4.86. The number of hydrogen-bond acceptors (Lipinski definition) is 3. The summed E-state index contributed by atoms with van der Waals surface area (Å²) in [6.07, 6.45) is -0.848. The van der Waals surface area contributed by atoms with Gasteiger partial charge in [0.2, 0.25) is 5.91 Å². The fraction of sp³-hybridized carbons (Fsp3) is 0.333. The van der Waals surface area contributed by atoms with Crippen molar-refractivity contribution in [2.75, 3.05) is 11.4 Å². The molecule has 18 heavy (non-hydrogen) atoms. The van der Waals surface area contributed by atoms with Crippen LogP contribution in [-0.4, -0.2) is 29.8 Å². The third-order valence-electron chi connectivity index (χ3n) is 2.70. The molecule has 0 fully saturated rings. The molecule has 2 N–H and O–H groups in total. The van der Waals surface area contributed by atoms with Gasteiger partial charge in [-0.3, -0.25) is 9.59 Å². The van der Waals surface area contributed by atoms with Gasteiger partial charge in [0.15, 0.2) is 6.10 Å². The molecule has 0 saturated heterocycles. The molecular formula is C12H13ClN2O3. The van der Waals surface area contributed by atoms with Crippen molar-refractivity contribution < 1.29 is 14.3 Å². The number of alkyl halides is 1. The van der Waals surface area contributed by atoms with E-state index in [0.717, 1.165) is 0 Å². The SMILES string of the molecule is CC(Cl)C(=O)N1CC(C(N)=O)Oc2ccccc21. The standard InChI is InChI=1S/C12H13ClN2O3/c1-7(13)12(17)15-6-10(11(14)16)18-9-5-3-2-4-8(9)15/h2-5,7,10H,6H2,1H3,(H2,14,16). The number of nitrogens with zero attached hydrogens (tertiary/aromatic N) is 1. The Labute approximate surface area is 109 Å². The highest BCUT2D eigenvalue weighted by Crippen LogP contribution is 2.33. The van der Waals surface area contributed by atoms with E-state index < -0.39 is 17.4 Å². The Kier molecular flexibility index (Phi) is 3.43. The predicted octanol–water partition coefficient (Wildman–Crippen LogP) is 0.893. The summed E-state index contributed by atoms with van der Waals surface area (Å²) in [5, 5.41) is -0.676. The van der Waals surface area contributed by atoms with Gasteiger partial charge in [-0.05, 0) is 19.1 Å². The van der Waals surface area contributed by atoms with Crippen LogP contribution in [-0.2, 0) is 9.59 Å². The van der Waals surface area contributed by atoms with Crippen LogP contribution in [0.2, 0.25) is 0 Å². The molecule has 2 atom stereocenters. The van der Waals surface area contributed by atoms with Crippen LogP contribution >= 0.6 is 11.6 Å². The van der Waals surface area contributed by atoms with Crippen molar-refractivity contribution in [3.05, 3.63) is 24.3 Å². The minimum absolute atomic E-state index is 0.0856. The molecule has 2 unspecified atom stereocenters. The monoisotopic (exact) mass is 268 g/mol. The van der Waals surface area contributed by atoms with E-state index in [1.165, 1.54) is 4.90 Å². The van der Waals surface area contributed by atoms with E-state index in [9.17, 15) is 9.59 Å². The molecule has 2 rings (SSSR count). The lowest BCUT2D eigenvalue weighted by Gasteiger charge is -2.34. The van der Waals surface area contributed by atoms with Crippen LogP contribution in [0.5, 0.6) is 5.75 Å². The highest BCUT2D eigenvalue weighted by molar-refractivity contribution is 6.32. The molecule has 5 nitrogen and oxygen atoms in total. The van der Waals surface area contributed by atoms with Crippen molar-refractivity contribution in [2.24, 2.45) is 5.73 Å². The van der Waals surface area contributed by atoms with Crippen LogP contribution < -0.4 is 15.4 Å². The fourth-order valence-corrected chi connectivity index (χ4v) is 1.92. The van der Waals surface area contributed by atoms with Gasteiger partial charge in [-0.15, -0.1) is 11.6 Å². The fourth-order valence-electron chi connectivity index (χ4n) is 1.81. The average molecular weight is 269 g/mol. The first kappa shape index (κ1) is 12.7. The van der Waals surface area contributed by atoms with Gasteiger partial charge in [-0.1, -0.05) is 12.1 Å². The number of halogens is 1. The Morgan fingerprint density at radius 3 is 2.78 bits per heavy atom. The molecule has 0 saturated carbocycles. The Bertz CT molecular complexity index is 490. The van der Waals surface area contributed by atoms with Gasteiger partial charge in [0.25, 0.3) is 5.91 Å². The second-order valence-corrected chi connectivity index (χ2v) is 4.70. The molecule has 1 aromatic carbocycles. The predicted molar refractivity (Wildman–Crippen MR) is 67.7 cm³/mol. The summed E-state index contributed by atoms with van der Waals surface area (Å²) in [5.41, 5.74) is 5.83. The van der Waals surface area contributed by atoms with E-state index in [2.05, 4.69) is 0 Å². The number of para-hydroxylation sites is 2. The van der Waals surface area contributed by atoms with Crippen molar-refractivity contribution in [3.8, 4) is 5.75 Å². The quantitative estimate of drug-likeness (QED) is 0.810. The van der Waals surface area contributed by atoms with E-state index in [0.29, 0.717) is 11.4 Å². The molecule has 1 heterocycles. The molecule has 0 spiro atoms. The number of fused-ring (bicyclic) bond motifs is 1. The third-order valence-corrected chi connectivity index (χ3v) is 2.88. The first-order chi connectivity index (χ1) is 8.50. The summed E-state index contributed by atoms with van der Waals surface area (Å²) in [7, 11) is 0. The molecule has 6 heteroatoms. The number of hydrogen-bond donors (Lipinski definition) is 1. The normalized spacial score (nSPS) is 19.7. The Balaban J connectivity index is 2.39. The smallest absolute Gasteiger partial charge is 0.260 e. The average Bonchev–Trinajstić information content (AvgIpc) is 2.36. The topological polar surface area (TPSA) is 72.6 Å². The van der Waals surface area contributed by atoms with Crippen LogP contribution in [0, 0.1) is 0 Å². The molecule has 0 aromatic heterocycles. The van der Waals surface area contributed by atoms with Gasteiger partial charge in [0.05, 0.1) is 12.2 Å². The summed E-state index contributed by atoms with van der Waals surface area (Å²) >= 11 is 5.81. The number of nitrogens with two attached hydrogens (primary N) is 1. The number of benzene rings is 1. The van der Waals surface area contributed by atoms with Gasteiger partial charge >= 0.3 is 0 Å². The zero-order valence-corrected chi connectivity index (χ0v) is 10.6. The van der Waals surface area contributed by atoms with Crippen molar-refractivity contribution in [3.63, 3.8) is 0 Å². The van der Waals surface area contributed by atoms with Gasteiger partial charge in [-0.2, -0.15) is 0 Å². The molecule has 1 aliphatic rings. The second-order valence-electron chi connectivity index (χ2n) is 4.04. The summed E-state index contributed by atoms with van der Waals surface area (Å²) in [5.74, 6) is -0.429. The zero-order valence-electron chi connectivity index (χ0n) is 9.80. The first-order valence-electron chi connectivity index (χ1n) is 5.51. The van der Waals surface area contributed by atoms with Gasteiger partial charge in [0, 0.05) is 0 Å². The number of rotatable bonds is 2. The lowest BCUT2D eigenvalue weighted by molar-refractivity contribution is -0.125. The molecule has 0 bridgehead atoms. The number of carbonyl (C=O) groups is 2. The Hall–Kier alpha value is -1.75. The minimum Gasteiger partial charge on any atom is -0.477 e. The summed E-state index contributed by atoms with van der Waals surface area (Å²) < 4.78 is 5.44. The molecule has 1 aromatic rings. The van der Waals surface area contributed by atoms with Gasteiger partial charge in [-0.25, -0.2) is 0 Å². The van der Waals surface area contributed by atoms with E-state index >= 15 is 0 Å². The van der Waals surface area contributed by atoms with E-state index in [1.54, 1.807) is 31.2 Å².